The lowest BCUT2D eigenvalue weighted by Crippen LogP contribution is -2.20. The molecule has 158 valence electrons. The van der Waals surface area contributed by atoms with E-state index in [1.807, 2.05) is 0 Å². The Morgan fingerprint density at radius 1 is 1.13 bits per heavy atom. The minimum absolute atomic E-state index is 0.00213. The molecule has 7 nitrogen and oxygen atoms in total. The average molecular weight is 421 g/mol. The van der Waals surface area contributed by atoms with E-state index in [2.05, 4.69) is 15.5 Å². The van der Waals surface area contributed by atoms with Crippen molar-refractivity contribution < 1.29 is 32.0 Å². The first-order valence-corrected chi connectivity index (χ1v) is 8.89. The van der Waals surface area contributed by atoms with Crippen LogP contribution in [0.2, 0.25) is 0 Å². The van der Waals surface area contributed by atoms with Gasteiger partial charge in [0, 0.05) is 18.4 Å². The monoisotopic (exact) mass is 421 g/mol. The Bertz CT molecular complexity index is 987. The quantitative estimate of drug-likeness (QED) is 0.585. The van der Waals surface area contributed by atoms with Gasteiger partial charge in [0.05, 0.1) is 12.8 Å². The fourth-order valence-corrected chi connectivity index (χ4v) is 2.50. The van der Waals surface area contributed by atoms with E-state index in [1.54, 1.807) is 37.4 Å². The maximum atomic E-state index is 12.4. The van der Waals surface area contributed by atoms with Crippen molar-refractivity contribution in [3.63, 3.8) is 0 Å². The molecule has 1 heterocycles. The molecular weight excluding hydrogens is 403 g/mol. The number of hydrogen-bond donors (Lipinski definition) is 1. The van der Waals surface area contributed by atoms with E-state index >= 15 is 0 Å². The highest BCUT2D eigenvalue weighted by molar-refractivity contribution is 5.92. The number of nitrogens with one attached hydrogen (secondary N) is 1. The van der Waals surface area contributed by atoms with Gasteiger partial charge in [-0.05, 0) is 36.4 Å². The molecule has 0 bridgehead atoms. The number of nitrogens with zero attached hydrogens (tertiary/aromatic N) is 2. The molecular formula is C20H18F3N3O4. The van der Waals surface area contributed by atoms with E-state index in [4.69, 9.17) is 14.0 Å². The smallest absolute Gasteiger partial charge is 0.422 e. The van der Waals surface area contributed by atoms with Gasteiger partial charge in [-0.1, -0.05) is 17.3 Å². The summed E-state index contributed by atoms with van der Waals surface area (Å²) in [4.78, 5) is 16.4. The summed E-state index contributed by atoms with van der Waals surface area (Å²) >= 11 is 0. The van der Waals surface area contributed by atoms with E-state index in [9.17, 15) is 18.0 Å². The molecule has 1 amide bonds. The Labute approximate surface area is 169 Å². The third kappa shape index (κ3) is 5.97. The minimum Gasteiger partial charge on any atom is -0.497 e. The molecule has 0 saturated heterocycles. The van der Waals surface area contributed by atoms with Crippen LogP contribution in [0.1, 0.15) is 12.3 Å². The third-order valence-electron chi connectivity index (χ3n) is 3.93. The zero-order valence-corrected chi connectivity index (χ0v) is 15.9. The van der Waals surface area contributed by atoms with Crippen LogP contribution < -0.4 is 14.8 Å². The Balaban J connectivity index is 1.56. The van der Waals surface area contributed by atoms with Crippen molar-refractivity contribution in [1.82, 2.24) is 10.1 Å². The number of methoxy groups -OCH3 is 1. The van der Waals surface area contributed by atoms with Crippen LogP contribution in [0, 0.1) is 0 Å². The second-order valence-electron chi connectivity index (χ2n) is 6.19. The van der Waals surface area contributed by atoms with E-state index in [-0.39, 0.29) is 30.2 Å². The van der Waals surface area contributed by atoms with Crippen LogP contribution in [0.3, 0.4) is 0 Å². The summed E-state index contributed by atoms with van der Waals surface area (Å²) in [7, 11) is 1.56. The molecule has 0 spiro atoms. The number of alkyl halides is 3. The van der Waals surface area contributed by atoms with Gasteiger partial charge < -0.3 is 19.3 Å². The summed E-state index contributed by atoms with van der Waals surface area (Å²) in [6.07, 6.45) is -4.31. The summed E-state index contributed by atoms with van der Waals surface area (Å²) in [5.41, 5.74) is 0.877. The zero-order valence-electron chi connectivity index (χ0n) is 15.9. The predicted molar refractivity (Wildman–Crippen MR) is 101 cm³/mol. The van der Waals surface area contributed by atoms with Crippen molar-refractivity contribution in [3.05, 3.63) is 54.4 Å². The second kappa shape index (κ2) is 9.29. The van der Waals surface area contributed by atoms with Crippen LogP contribution >= 0.6 is 0 Å². The van der Waals surface area contributed by atoms with Gasteiger partial charge in [0.15, 0.2) is 6.61 Å². The molecule has 0 unspecified atom stereocenters. The molecule has 3 rings (SSSR count). The minimum atomic E-state index is -4.48. The average Bonchev–Trinajstić information content (AvgIpc) is 3.20. The Hall–Kier alpha value is -3.56. The van der Waals surface area contributed by atoms with E-state index in [1.165, 1.54) is 18.2 Å². The van der Waals surface area contributed by atoms with Crippen molar-refractivity contribution in [3.8, 4) is 22.9 Å². The number of aromatic nitrogens is 2. The molecule has 0 fully saturated rings. The first-order valence-electron chi connectivity index (χ1n) is 8.89. The van der Waals surface area contributed by atoms with Crippen LogP contribution in [-0.4, -0.2) is 35.9 Å². The van der Waals surface area contributed by atoms with Crippen LogP contribution in [-0.2, 0) is 11.2 Å². The number of halogens is 3. The van der Waals surface area contributed by atoms with Crippen molar-refractivity contribution in [2.75, 3.05) is 19.0 Å². The van der Waals surface area contributed by atoms with Gasteiger partial charge >= 0.3 is 6.18 Å². The molecule has 2 aromatic carbocycles. The van der Waals surface area contributed by atoms with Crippen molar-refractivity contribution in [1.29, 1.82) is 0 Å². The lowest BCUT2D eigenvalue weighted by atomic mass is 10.2. The molecule has 10 heteroatoms. The summed E-state index contributed by atoms with van der Waals surface area (Å²) in [5, 5.41) is 6.41. The topological polar surface area (TPSA) is 86.5 Å². The van der Waals surface area contributed by atoms with Crippen LogP contribution in [0.5, 0.6) is 11.5 Å². The standard InChI is InChI=1S/C20H18F3N3O4/c1-28-14-8-6-13(7-9-14)19-25-18(30-26-19)11-10-17(27)24-15-4-2-3-5-16(15)29-12-20(21,22)23/h2-9H,10-12H2,1H3,(H,24,27). The Morgan fingerprint density at radius 3 is 2.57 bits per heavy atom. The molecule has 0 radical (unpaired) electrons. The maximum Gasteiger partial charge on any atom is 0.422 e. The van der Waals surface area contributed by atoms with Crippen molar-refractivity contribution in [2.24, 2.45) is 0 Å². The van der Waals surface area contributed by atoms with Gasteiger partial charge in [0.1, 0.15) is 11.5 Å². The molecule has 0 aliphatic heterocycles. The second-order valence-corrected chi connectivity index (χ2v) is 6.19. The van der Waals surface area contributed by atoms with Crippen LogP contribution in [0.15, 0.2) is 53.1 Å². The number of aryl methyl sites for hydroxylation is 1. The molecule has 0 saturated carbocycles. The molecule has 1 N–H and O–H groups in total. The SMILES string of the molecule is COc1ccc(-c2noc(CCC(=O)Nc3ccccc3OCC(F)(F)F)n2)cc1. The highest BCUT2D eigenvalue weighted by atomic mass is 19.4. The number of benzene rings is 2. The fourth-order valence-electron chi connectivity index (χ4n) is 2.50. The largest absolute Gasteiger partial charge is 0.497 e. The number of ether oxygens (including phenoxy) is 2. The molecule has 3 aromatic rings. The maximum absolute atomic E-state index is 12.4. The number of rotatable bonds is 8. The number of amides is 1. The van der Waals surface area contributed by atoms with Crippen LogP contribution in [0.25, 0.3) is 11.4 Å². The zero-order chi connectivity index (χ0) is 21.6. The molecule has 1 aromatic heterocycles. The number of carbonyl (C=O) groups excluding carboxylic acids is 1. The van der Waals surface area contributed by atoms with Gasteiger partial charge in [-0.3, -0.25) is 4.79 Å². The number of anilines is 1. The number of carbonyl (C=O) groups is 1. The highest BCUT2D eigenvalue weighted by Gasteiger charge is 2.28. The van der Waals surface area contributed by atoms with Gasteiger partial charge in [-0.25, -0.2) is 0 Å². The predicted octanol–water partition coefficient (Wildman–Crippen LogP) is 4.26. The van der Waals surface area contributed by atoms with Gasteiger partial charge in [-0.2, -0.15) is 18.2 Å². The third-order valence-corrected chi connectivity index (χ3v) is 3.93. The Kier molecular flexibility index (Phi) is 6.55. The molecule has 30 heavy (non-hydrogen) atoms. The first kappa shape index (κ1) is 21.2. The summed E-state index contributed by atoms with van der Waals surface area (Å²) < 4.78 is 52.1. The summed E-state index contributed by atoms with van der Waals surface area (Å²) in [5.74, 6) is 0.833. The highest BCUT2D eigenvalue weighted by Crippen LogP contribution is 2.26. The van der Waals surface area contributed by atoms with Gasteiger partial charge in [0.2, 0.25) is 17.6 Å². The van der Waals surface area contributed by atoms with E-state index in [0.29, 0.717) is 11.6 Å². The summed E-state index contributed by atoms with van der Waals surface area (Å²) in [6.45, 7) is -1.45. The van der Waals surface area contributed by atoms with E-state index in [0.717, 1.165) is 5.56 Å². The number of para-hydroxylation sites is 2. The van der Waals surface area contributed by atoms with E-state index < -0.39 is 18.7 Å². The molecule has 0 aliphatic carbocycles. The van der Waals surface area contributed by atoms with Crippen LogP contribution in [0.4, 0.5) is 18.9 Å². The van der Waals surface area contributed by atoms with Gasteiger partial charge in [-0.15, -0.1) is 0 Å². The molecule has 0 atom stereocenters. The lowest BCUT2D eigenvalue weighted by molar-refractivity contribution is -0.153. The van der Waals surface area contributed by atoms with Gasteiger partial charge in [0.25, 0.3) is 0 Å². The normalized spacial score (nSPS) is 11.2. The Morgan fingerprint density at radius 2 is 1.87 bits per heavy atom. The summed E-state index contributed by atoms with van der Waals surface area (Å²) in [6, 6.07) is 13.0. The first-order chi connectivity index (χ1) is 14.3. The lowest BCUT2D eigenvalue weighted by Gasteiger charge is -2.13. The van der Waals surface area contributed by atoms with Crippen molar-refractivity contribution >= 4 is 11.6 Å². The molecule has 0 aliphatic rings. The van der Waals surface area contributed by atoms with Crippen molar-refractivity contribution in [2.45, 2.75) is 19.0 Å². The number of hydrogen-bond acceptors (Lipinski definition) is 6. The fraction of sp³-hybridized carbons (Fsp3) is 0.250.